The molecule has 19 heavy (non-hydrogen) atoms. The summed E-state index contributed by atoms with van der Waals surface area (Å²) < 4.78 is 4.17. The molecule has 0 aliphatic heterocycles. The van der Waals surface area contributed by atoms with E-state index in [1.54, 1.807) is 0 Å². The van der Waals surface area contributed by atoms with Gasteiger partial charge in [-0.05, 0) is 12.2 Å². The van der Waals surface area contributed by atoms with Gasteiger partial charge in [0.25, 0.3) is 0 Å². The van der Waals surface area contributed by atoms with Crippen LogP contribution < -0.4 is 0 Å². The minimum atomic E-state index is -0.329. The molecule has 0 N–H and O–H groups in total. The van der Waals surface area contributed by atoms with Gasteiger partial charge >= 0.3 is 5.97 Å². The van der Waals surface area contributed by atoms with Crippen LogP contribution in [0.15, 0.2) is 12.8 Å². The molecule has 0 aromatic carbocycles. The molecule has 0 fully saturated rings. The summed E-state index contributed by atoms with van der Waals surface area (Å²) in [5, 5.41) is 0. The molecule has 0 aliphatic carbocycles. The van der Waals surface area contributed by atoms with Gasteiger partial charge in [0, 0.05) is 6.92 Å². The van der Waals surface area contributed by atoms with Gasteiger partial charge in [-0.25, -0.2) is 0 Å². The predicted molar refractivity (Wildman–Crippen MR) is 87.7 cm³/mol. The lowest BCUT2D eigenvalue weighted by Gasteiger charge is -2.00. The van der Waals surface area contributed by atoms with Crippen LogP contribution in [0.2, 0.25) is 0 Å². The lowest BCUT2D eigenvalue weighted by Crippen LogP contribution is -1.87. The monoisotopic (exact) mass is 288 g/mol. The van der Waals surface area contributed by atoms with Crippen molar-refractivity contribution >= 4 is 18.6 Å². The summed E-state index contributed by atoms with van der Waals surface area (Å²) in [6, 6.07) is 0. The van der Waals surface area contributed by atoms with Gasteiger partial charge in [-0.15, -0.1) is 0 Å². The van der Waals surface area contributed by atoms with Gasteiger partial charge in [-0.3, -0.25) is 4.79 Å². The third-order valence-corrected chi connectivity index (χ3v) is 3.08. The third kappa shape index (κ3) is 27.0. The molecule has 0 aromatic heterocycles. The highest BCUT2D eigenvalue weighted by Crippen LogP contribution is 2.10. The van der Waals surface area contributed by atoms with E-state index in [1.165, 1.54) is 71.1 Å². The van der Waals surface area contributed by atoms with Crippen molar-refractivity contribution in [3.63, 3.8) is 0 Å². The fraction of sp³-hybridized carbons (Fsp3) is 0.812. The van der Waals surface area contributed by atoms with Crippen molar-refractivity contribution in [2.75, 3.05) is 5.75 Å². The second-order valence-corrected chi connectivity index (χ2v) is 5.13. The third-order valence-electron chi connectivity index (χ3n) is 2.76. The van der Waals surface area contributed by atoms with Gasteiger partial charge in [0.05, 0.1) is 6.26 Å². The molecule has 0 rings (SSSR count). The van der Waals surface area contributed by atoms with Crippen LogP contribution in [-0.4, -0.2) is 11.7 Å². The molecule has 0 bridgehead atoms. The molecule has 0 heterocycles. The number of esters is 1. The Kier molecular flexibility index (Phi) is 21.8. The lowest BCUT2D eigenvalue weighted by atomic mass is 10.1. The molecule has 114 valence electrons. The minimum absolute atomic E-state index is 0.329. The van der Waals surface area contributed by atoms with Crippen molar-refractivity contribution in [2.24, 2.45) is 0 Å². The first-order valence-corrected chi connectivity index (χ1v) is 8.21. The molecule has 0 aliphatic rings. The normalized spacial score (nSPS) is 9.42. The highest BCUT2D eigenvalue weighted by molar-refractivity contribution is 7.80. The summed E-state index contributed by atoms with van der Waals surface area (Å²) in [6.07, 6.45) is 15.3. The zero-order chi connectivity index (χ0) is 14.8. The fourth-order valence-electron chi connectivity index (χ4n) is 1.72. The van der Waals surface area contributed by atoms with Gasteiger partial charge in [0.2, 0.25) is 0 Å². The van der Waals surface area contributed by atoms with Gasteiger partial charge in [0.15, 0.2) is 0 Å². The van der Waals surface area contributed by atoms with E-state index >= 15 is 0 Å². The number of carbonyl (C=O) groups is 1. The summed E-state index contributed by atoms with van der Waals surface area (Å²) in [7, 11) is 0. The van der Waals surface area contributed by atoms with Gasteiger partial charge in [-0.2, -0.15) is 12.6 Å². The lowest BCUT2D eigenvalue weighted by molar-refractivity contribution is -0.135. The van der Waals surface area contributed by atoms with Crippen molar-refractivity contribution in [3.05, 3.63) is 12.8 Å². The van der Waals surface area contributed by atoms with Gasteiger partial charge in [-0.1, -0.05) is 71.3 Å². The van der Waals surface area contributed by atoms with Crippen LogP contribution in [0.1, 0.15) is 78.1 Å². The molecule has 0 spiro atoms. The Hall–Kier alpha value is -0.440. The van der Waals surface area contributed by atoms with E-state index in [1.807, 2.05) is 0 Å². The highest BCUT2D eigenvalue weighted by Gasteiger charge is 1.91. The number of hydrogen-bond donors (Lipinski definition) is 1. The summed E-state index contributed by atoms with van der Waals surface area (Å²) in [6.45, 7) is 6.75. The smallest absolute Gasteiger partial charge is 0.307 e. The Morgan fingerprint density at radius 2 is 1.42 bits per heavy atom. The molecular formula is C16H32O2S. The van der Waals surface area contributed by atoms with Crippen LogP contribution in [-0.2, 0) is 9.53 Å². The average molecular weight is 288 g/mol. The average Bonchev–Trinajstić information content (AvgIpc) is 2.37. The molecule has 2 nitrogen and oxygen atoms in total. The van der Waals surface area contributed by atoms with E-state index in [2.05, 4.69) is 30.9 Å². The molecule has 0 atom stereocenters. The first-order valence-electron chi connectivity index (χ1n) is 7.58. The second-order valence-electron chi connectivity index (χ2n) is 4.68. The quantitative estimate of drug-likeness (QED) is 0.234. The number of thiol groups is 1. The molecule has 0 unspecified atom stereocenters. The molecule has 0 radical (unpaired) electrons. The van der Waals surface area contributed by atoms with Crippen LogP contribution in [0, 0.1) is 0 Å². The van der Waals surface area contributed by atoms with Crippen LogP contribution >= 0.6 is 12.6 Å². The number of unbranched alkanes of at least 4 members (excludes halogenated alkanes) is 9. The molecule has 0 saturated carbocycles. The summed E-state index contributed by atoms with van der Waals surface area (Å²) in [5.41, 5.74) is 0. The number of rotatable bonds is 11. The Bertz CT molecular complexity index is 183. The van der Waals surface area contributed by atoms with Crippen molar-refractivity contribution in [3.8, 4) is 0 Å². The molecule has 3 heteroatoms. The Balaban J connectivity index is 0. The molecule has 0 aromatic rings. The first kappa shape index (κ1) is 20.9. The van der Waals surface area contributed by atoms with E-state index < -0.39 is 0 Å². The van der Waals surface area contributed by atoms with Crippen LogP contribution in [0.5, 0.6) is 0 Å². The fourth-order valence-corrected chi connectivity index (χ4v) is 1.94. The summed E-state index contributed by atoms with van der Waals surface area (Å²) >= 11 is 4.20. The zero-order valence-electron chi connectivity index (χ0n) is 12.8. The van der Waals surface area contributed by atoms with Crippen LogP contribution in [0.25, 0.3) is 0 Å². The first-order chi connectivity index (χ1) is 9.18. The van der Waals surface area contributed by atoms with Crippen LogP contribution in [0.3, 0.4) is 0 Å². The van der Waals surface area contributed by atoms with Gasteiger partial charge < -0.3 is 4.74 Å². The predicted octanol–water partition coefficient (Wildman–Crippen LogP) is 5.53. The van der Waals surface area contributed by atoms with E-state index in [4.69, 9.17) is 0 Å². The second kappa shape index (κ2) is 19.9. The molecular weight excluding hydrogens is 256 g/mol. The van der Waals surface area contributed by atoms with Crippen molar-refractivity contribution in [2.45, 2.75) is 78.1 Å². The summed E-state index contributed by atoms with van der Waals surface area (Å²) in [5.74, 6) is 0.737. The van der Waals surface area contributed by atoms with Crippen molar-refractivity contribution < 1.29 is 9.53 Å². The van der Waals surface area contributed by atoms with E-state index in [0.29, 0.717) is 0 Å². The van der Waals surface area contributed by atoms with Crippen molar-refractivity contribution in [1.29, 1.82) is 0 Å². The maximum absolute atomic E-state index is 9.75. The minimum Gasteiger partial charge on any atom is -0.435 e. The van der Waals surface area contributed by atoms with Crippen molar-refractivity contribution in [1.82, 2.24) is 0 Å². The Labute approximate surface area is 125 Å². The molecule has 0 saturated heterocycles. The van der Waals surface area contributed by atoms with E-state index in [-0.39, 0.29) is 5.97 Å². The number of carbonyl (C=O) groups excluding carboxylic acids is 1. The van der Waals surface area contributed by atoms with E-state index in [9.17, 15) is 4.79 Å². The number of hydrogen-bond acceptors (Lipinski definition) is 3. The maximum atomic E-state index is 9.75. The molecule has 0 amide bonds. The number of ether oxygens (including phenoxy) is 1. The topological polar surface area (TPSA) is 26.3 Å². The maximum Gasteiger partial charge on any atom is 0.307 e. The standard InChI is InChI=1S/C12H26S.C4H6O2/c1-2-3-4-5-6-7-8-9-10-11-12-13;1-3-6-4(2)5/h13H,2-12H2,1H3;3H,1H2,2H3. The highest BCUT2D eigenvalue weighted by atomic mass is 32.1. The largest absolute Gasteiger partial charge is 0.435 e. The summed E-state index contributed by atoms with van der Waals surface area (Å²) in [4.78, 5) is 9.75. The zero-order valence-corrected chi connectivity index (χ0v) is 13.7. The van der Waals surface area contributed by atoms with Gasteiger partial charge in [0.1, 0.15) is 0 Å². The Morgan fingerprint density at radius 3 is 1.68 bits per heavy atom. The Morgan fingerprint density at radius 1 is 1.00 bits per heavy atom. The van der Waals surface area contributed by atoms with E-state index in [0.717, 1.165) is 12.0 Å². The SMILES string of the molecule is C=COC(C)=O.CCCCCCCCCCCCS. The van der Waals surface area contributed by atoms with Crippen LogP contribution in [0.4, 0.5) is 0 Å².